The van der Waals surface area contributed by atoms with E-state index in [1.165, 1.54) is 43.3 Å². The Kier molecular flexibility index (Phi) is 7.09. The third-order valence-corrected chi connectivity index (χ3v) is 7.69. The number of aryl methyl sites for hydroxylation is 2. The molecule has 174 valence electrons. The van der Waals surface area contributed by atoms with Gasteiger partial charge in [0.2, 0.25) is 10.0 Å². The molecule has 3 aromatic carbocycles. The zero-order valence-corrected chi connectivity index (χ0v) is 20.0. The Bertz CT molecular complexity index is 1370. The molecule has 3 aromatic rings. The predicted molar refractivity (Wildman–Crippen MR) is 131 cm³/mol. The van der Waals surface area contributed by atoms with Gasteiger partial charge in [0.05, 0.1) is 10.6 Å². The molecule has 33 heavy (non-hydrogen) atoms. The van der Waals surface area contributed by atoms with Crippen LogP contribution in [0.15, 0.2) is 71.6 Å². The Morgan fingerprint density at radius 2 is 1.30 bits per heavy atom. The molecule has 0 saturated carbocycles. The van der Waals surface area contributed by atoms with Gasteiger partial charge in [0.25, 0.3) is 15.9 Å². The normalized spacial score (nSPS) is 11.6. The predicted octanol–water partition coefficient (Wildman–Crippen LogP) is 4.12. The molecule has 8 nitrogen and oxygen atoms in total. The number of sulfonamides is 2. The van der Waals surface area contributed by atoms with Crippen molar-refractivity contribution in [2.45, 2.75) is 25.7 Å². The van der Waals surface area contributed by atoms with E-state index in [0.29, 0.717) is 17.1 Å². The first kappa shape index (κ1) is 24.3. The first-order valence-electron chi connectivity index (χ1n) is 10.1. The van der Waals surface area contributed by atoms with Crippen molar-refractivity contribution in [3.8, 4) is 0 Å². The van der Waals surface area contributed by atoms with Crippen molar-refractivity contribution in [2.75, 3.05) is 20.5 Å². The summed E-state index contributed by atoms with van der Waals surface area (Å²) in [4.78, 5) is 12.5. The van der Waals surface area contributed by atoms with Crippen LogP contribution < -0.4 is 14.8 Å². The van der Waals surface area contributed by atoms with Gasteiger partial charge >= 0.3 is 0 Å². The maximum absolute atomic E-state index is 12.7. The van der Waals surface area contributed by atoms with E-state index >= 15 is 0 Å². The van der Waals surface area contributed by atoms with E-state index in [2.05, 4.69) is 14.8 Å². The lowest BCUT2D eigenvalue weighted by molar-refractivity contribution is 0.102. The van der Waals surface area contributed by atoms with E-state index in [-0.39, 0.29) is 16.2 Å². The van der Waals surface area contributed by atoms with E-state index < -0.39 is 26.0 Å². The molecule has 0 bridgehead atoms. The summed E-state index contributed by atoms with van der Waals surface area (Å²) in [5.74, 6) is -0.472. The quantitative estimate of drug-likeness (QED) is 0.441. The summed E-state index contributed by atoms with van der Waals surface area (Å²) < 4.78 is 53.5. The Morgan fingerprint density at radius 3 is 1.88 bits per heavy atom. The van der Waals surface area contributed by atoms with Crippen molar-refractivity contribution < 1.29 is 21.6 Å². The van der Waals surface area contributed by atoms with E-state index in [1.807, 2.05) is 19.9 Å². The number of anilines is 3. The van der Waals surface area contributed by atoms with Crippen molar-refractivity contribution in [1.29, 1.82) is 0 Å². The number of benzene rings is 3. The van der Waals surface area contributed by atoms with Crippen molar-refractivity contribution in [3.05, 3.63) is 83.4 Å². The molecule has 0 unspecified atom stereocenters. The zero-order valence-electron chi connectivity index (χ0n) is 18.4. The highest BCUT2D eigenvalue weighted by Crippen LogP contribution is 2.20. The summed E-state index contributed by atoms with van der Waals surface area (Å²) >= 11 is 0. The van der Waals surface area contributed by atoms with Crippen LogP contribution in [0.25, 0.3) is 0 Å². The van der Waals surface area contributed by atoms with Crippen LogP contribution in [0.2, 0.25) is 0 Å². The second kappa shape index (κ2) is 9.63. The molecule has 3 N–H and O–H groups in total. The van der Waals surface area contributed by atoms with Crippen LogP contribution in [0.5, 0.6) is 0 Å². The molecule has 0 spiro atoms. The van der Waals surface area contributed by atoms with Crippen molar-refractivity contribution in [2.24, 2.45) is 0 Å². The average molecular weight is 488 g/mol. The highest BCUT2D eigenvalue weighted by molar-refractivity contribution is 7.93. The molecule has 0 aromatic heterocycles. The highest BCUT2D eigenvalue weighted by atomic mass is 32.2. The molecule has 0 aliphatic carbocycles. The topological polar surface area (TPSA) is 121 Å². The van der Waals surface area contributed by atoms with Gasteiger partial charge in [0, 0.05) is 22.6 Å². The fourth-order valence-electron chi connectivity index (χ4n) is 2.88. The summed E-state index contributed by atoms with van der Waals surface area (Å²) in [5.41, 5.74) is 3.62. The van der Waals surface area contributed by atoms with Gasteiger partial charge in [-0.05, 0) is 92.6 Å². The molecule has 10 heteroatoms. The zero-order chi connectivity index (χ0) is 24.2. The van der Waals surface area contributed by atoms with Crippen LogP contribution in [-0.4, -0.2) is 28.5 Å². The minimum atomic E-state index is -3.80. The number of carbonyl (C=O) groups is 1. The van der Waals surface area contributed by atoms with Gasteiger partial charge in [-0.2, -0.15) is 0 Å². The van der Waals surface area contributed by atoms with Gasteiger partial charge < -0.3 is 5.32 Å². The minimum Gasteiger partial charge on any atom is -0.322 e. The van der Waals surface area contributed by atoms with E-state index in [0.717, 1.165) is 11.1 Å². The lowest BCUT2D eigenvalue weighted by Gasteiger charge is -2.11. The van der Waals surface area contributed by atoms with E-state index in [9.17, 15) is 21.6 Å². The fourth-order valence-corrected chi connectivity index (χ4v) is 4.57. The number of nitrogens with one attached hydrogen (secondary N) is 3. The molecule has 0 saturated heterocycles. The first-order valence-corrected chi connectivity index (χ1v) is 13.2. The fraction of sp³-hybridized carbons (Fsp3) is 0.174. The summed E-state index contributed by atoms with van der Waals surface area (Å²) in [6, 6.07) is 17.1. The lowest BCUT2D eigenvalue weighted by Crippen LogP contribution is -2.15. The number of rotatable bonds is 8. The maximum Gasteiger partial charge on any atom is 0.261 e. The molecule has 3 rings (SSSR count). The third kappa shape index (κ3) is 6.33. The second-order valence-electron chi connectivity index (χ2n) is 7.47. The largest absolute Gasteiger partial charge is 0.322 e. The van der Waals surface area contributed by atoms with Gasteiger partial charge in [0.1, 0.15) is 0 Å². The Morgan fingerprint density at radius 1 is 0.727 bits per heavy atom. The average Bonchev–Trinajstić information content (AvgIpc) is 2.77. The van der Waals surface area contributed by atoms with Crippen molar-refractivity contribution in [3.63, 3.8) is 0 Å². The number of hydrogen-bond acceptors (Lipinski definition) is 5. The summed E-state index contributed by atoms with van der Waals surface area (Å²) in [5, 5.41) is 2.69. The van der Waals surface area contributed by atoms with Crippen LogP contribution in [0.3, 0.4) is 0 Å². The van der Waals surface area contributed by atoms with E-state index in [4.69, 9.17) is 0 Å². The summed E-state index contributed by atoms with van der Waals surface area (Å²) in [7, 11) is -7.19. The van der Waals surface area contributed by atoms with Gasteiger partial charge in [-0.1, -0.05) is 6.07 Å². The Balaban J connectivity index is 1.67. The summed E-state index contributed by atoms with van der Waals surface area (Å²) in [6.07, 6.45) is 0. The molecule has 0 atom stereocenters. The van der Waals surface area contributed by atoms with Crippen LogP contribution in [0.4, 0.5) is 17.1 Å². The van der Waals surface area contributed by atoms with Gasteiger partial charge in [-0.3, -0.25) is 14.2 Å². The Hall–Kier alpha value is -3.37. The smallest absolute Gasteiger partial charge is 0.261 e. The monoisotopic (exact) mass is 487 g/mol. The van der Waals surface area contributed by atoms with Gasteiger partial charge in [0.15, 0.2) is 0 Å². The van der Waals surface area contributed by atoms with Crippen LogP contribution in [0.1, 0.15) is 28.4 Å². The highest BCUT2D eigenvalue weighted by Gasteiger charge is 2.16. The molecule has 0 heterocycles. The molecule has 0 radical (unpaired) electrons. The SMILES string of the molecule is CCS(=O)(=O)Nc1ccc(NC(=O)c2ccc(S(=O)(=O)Nc3ccc(C)c(C)c3)cc2)cc1. The number of hydrogen-bond donors (Lipinski definition) is 3. The first-order chi connectivity index (χ1) is 15.5. The maximum atomic E-state index is 12.7. The Labute approximate surface area is 194 Å². The summed E-state index contributed by atoms with van der Waals surface area (Å²) in [6.45, 7) is 5.38. The molecule has 1 amide bonds. The molecular formula is C23H25N3O5S2. The van der Waals surface area contributed by atoms with Crippen LogP contribution in [-0.2, 0) is 20.0 Å². The van der Waals surface area contributed by atoms with Crippen molar-refractivity contribution in [1.82, 2.24) is 0 Å². The van der Waals surface area contributed by atoms with Crippen LogP contribution >= 0.6 is 0 Å². The van der Waals surface area contributed by atoms with E-state index in [1.54, 1.807) is 24.3 Å². The second-order valence-corrected chi connectivity index (χ2v) is 11.2. The molecule has 0 fully saturated rings. The van der Waals surface area contributed by atoms with Gasteiger partial charge in [-0.15, -0.1) is 0 Å². The number of amides is 1. The molecular weight excluding hydrogens is 462 g/mol. The number of carbonyl (C=O) groups excluding carboxylic acids is 1. The van der Waals surface area contributed by atoms with Gasteiger partial charge in [-0.25, -0.2) is 16.8 Å². The third-order valence-electron chi connectivity index (χ3n) is 4.98. The van der Waals surface area contributed by atoms with Crippen LogP contribution in [0, 0.1) is 13.8 Å². The molecule has 0 aliphatic heterocycles. The lowest BCUT2D eigenvalue weighted by atomic mass is 10.1. The van der Waals surface area contributed by atoms with Crippen molar-refractivity contribution >= 4 is 43.0 Å². The standard InChI is InChI=1S/C23H25N3O5S2/c1-4-32(28,29)25-20-11-9-19(10-12-20)24-23(27)18-6-13-22(14-7-18)33(30,31)26-21-8-5-16(2)17(3)15-21/h5-15,25-26H,4H2,1-3H3,(H,24,27). The minimum absolute atomic E-state index is 0.0323. The molecule has 0 aliphatic rings.